The normalized spacial score (nSPS) is 10.6. The van der Waals surface area contributed by atoms with Crippen molar-refractivity contribution in [3.05, 3.63) is 35.4 Å². The van der Waals surface area contributed by atoms with Gasteiger partial charge in [0, 0.05) is 6.54 Å². The highest BCUT2D eigenvalue weighted by atomic mass is 19.1. The quantitative estimate of drug-likeness (QED) is 0.843. The molecule has 17 heavy (non-hydrogen) atoms. The Balaban J connectivity index is 2.70. The molecule has 0 fully saturated rings. The van der Waals surface area contributed by atoms with Crippen molar-refractivity contribution in [2.75, 3.05) is 6.54 Å². The van der Waals surface area contributed by atoms with Crippen molar-refractivity contribution in [3.8, 4) is 0 Å². The van der Waals surface area contributed by atoms with Crippen LogP contribution in [-0.4, -0.2) is 12.5 Å². The summed E-state index contributed by atoms with van der Waals surface area (Å²) < 4.78 is 26.6. The van der Waals surface area contributed by atoms with Crippen LogP contribution in [0, 0.1) is 17.6 Å². The minimum Gasteiger partial charge on any atom is -0.352 e. The van der Waals surface area contributed by atoms with Gasteiger partial charge in [-0.1, -0.05) is 32.8 Å². The Morgan fingerprint density at radius 3 is 2.24 bits per heavy atom. The molecule has 0 aliphatic carbocycles. The molecule has 94 valence electrons. The summed E-state index contributed by atoms with van der Waals surface area (Å²) in [6.45, 7) is 4.48. The van der Waals surface area contributed by atoms with Gasteiger partial charge in [-0.3, -0.25) is 4.79 Å². The van der Waals surface area contributed by atoms with E-state index in [0.29, 0.717) is 12.5 Å². The lowest BCUT2D eigenvalue weighted by molar-refractivity contribution is 0.0938. The first kappa shape index (κ1) is 13.6. The van der Waals surface area contributed by atoms with Crippen LogP contribution < -0.4 is 5.32 Å². The molecule has 1 N–H and O–H groups in total. The van der Waals surface area contributed by atoms with Gasteiger partial charge >= 0.3 is 0 Å². The highest BCUT2D eigenvalue weighted by Crippen LogP contribution is 2.12. The number of rotatable bonds is 5. The zero-order valence-corrected chi connectivity index (χ0v) is 10.1. The number of carbonyl (C=O) groups is 1. The zero-order chi connectivity index (χ0) is 12.8. The van der Waals surface area contributed by atoms with Crippen LogP contribution in [0.4, 0.5) is 8.78 Å². The maximum absolute atomic E-state index is 13.3. The summed E-state index contributed by atoms with van der Waals surface area (Å²) in [6, 6.07) is 3.40. The molecule has 0 saturated heterocycles. The fourth-order valence-corrected chi connectivity index (χ4v) is 1.62. The largest absolute Gasteiger partial charge is 0.352 e. The number of hydrogen-bond acceptors (Lipinski definition) is 1. The van der Waals surface area contributed by atoms with E-state index in [2.05, 4.69) is 5.32 Å². The molecular weight excluding hydrogens is 224 g/mol. The lowest BCUT2D eigenvalue weighted by atomic mass is 10.0. The molecular formula is C13H17F2NO. The third kappa shape index (κ3) is 3.51. The van der Waals surface area contributed by atoms with Crippen molar-refractivity contribution < 1.29 is 13.6 Å². The summed E-state index contributed by atoms with van der Waals surface area (Å²) in [7, 11) is 0. The summed E-state index contributed by atoms with van der Waals surface area (Å²) in [6.07, 6.45) is 1.85. The van der Waals surface area contributed by atoms with Crippen LogP contribution in [0.15, 0.2) is 18.2 Å². The summed E-state index contributed by atoms with van der Waals surface area (Å²) in [5.74, 6) is -2.00. The van der Waals surface area contributed by atoms with Crippen LogP contribution in [0.25, 0.3) is 0 Å². The predicted octanol–water partition coefficient (Wildman–Crippen LogP) is 3.13. The number of nitrogens with one attached hydrogen (secondary N) is 1. The molecule has 1 aromatic carbocycles. The standard InChI is InChI=1S/C13H17F2NO/c1-3-9(4-2)8-16-13(17)12-10(14)6-5-7-11(12)15/h5-7,9H,3-4,8H2,1-2H3,(H,16,17). The Morgan fingerprint density at radius 1 is 1.24 bits per heavy atom. The Morgan fingerprint density at radius 2 is 1.76 bits per heavy atom. The van der Waals surface area contributed by atoms with Gasteiger partial charge in [0.25, 0.3) is 5.91 Å². The molecule has 0 radical (unpaired) electrons. The van der Waals surface area contributed by atoms with Gasteiger partial charge in [-0.15, -0.1) is 0 Å². The highest BCUT2D eigenvalue weighted by molar-refractivity contribution is 5.94. The van der Waals surface area contributed by atoms with Crippen molar-refractivity contribution >= 4 is 5.91 Å². The van der Waals surface area contributed by atoms with Crippen molar-refractivity contribution in [1.29, 1.82) is 0 Å². The Kier molecular flexibility index (Phi) is 5.07. The second kappa shape index (κ2) is 6.33. The monoisotopic (exact) mass is 241 g/mol. The molecule has 0 heterocycles. The topological polar surface area (TPSA) is 29.1 Å². The Bertz CT molecular complexity index is 369. The molecule has 4 heteroatoms. The van der Waals surface area contributed by atoms with Crippen LogP contribution in [0.3, 0.4) is 0 Å². The SMILES string of the molecule is CCC(CC)CNC(=O)c1c(F)cccc1F. The van der Waals surface area contributed by atoms with Gasteiger partial charge in [-0.2, -0.15) is 0 Å². The lowest BCUT2D eigenvalue weighted by Crippen LogP contribution is -2.30. The molecule has 0 aliphatic heterocycles. The molecule has 2 nitrogen and oxygen atoms in total. The molecule has 0 spiro atoms. The van der Waals surface area contributed by atoms with E-state index in [9.17, 15) is 13.6 Å². The van der Waals surface area contributed by atoms with Crippen LogP contribution in [0.5, 0.6) is 0 Å². The van der Waals surface area contributed by atoms with E-state index in [1.54, 1.807) is 0 Å². The van der Waals surface area contributed by atoms with Crippen LogP contribution in [-0.2, 0) is 0 Å². The second-order valence-electron chi connectivity index (χ2n) is 3.99. The minimum absolute atomic E-state index is 0.341. The molecule has 0 aromatic heterocycles. The number of carbonyl (C=O) groups excluding carboxylic acids is 1. The molecule has 0 atom stereocenters. The Labute approximate surface area is 100 Å². The number of halogens is 2. The first-order valence-corrected chi connectivity index (χ1v) is 5.82. The summed E-state index contributed by atoms with van der Waals surface area (Å²) in [4.78, 5) is 11.6. The fourth-order valence-electron chi connectivity index (χ4n) is 1.62. The molecule has 1 aromatic rings. The van der Waals surface area contributed by atoms with E-state index < -0.39 is 23.1 Å². The van der Waals surface area contributed by atoms with Crippen LogP contribution in [0.1, 0.15) is 37.0 Å². The average Bonchev–Trinajstić information content (AvgIpc) is 2.30. The molecule has 0 aliphatic rings. The van der Waals surface area contributed by atoms with E-state index >= 15 is 0 Å². The van der Waals surface area contributed by atoms with Gasteiger partial charge in [0.2, 0.25) is 0 Å². The fraction of sp³-hybridized carbons (Fsp3) is 0.462. The van der Waals surface area contributed by atoms with E-state index in [4.69, 9.17) is 0 Å². The van der Waals surface area contributed by atoms with E-state index in [0.717, 1.165) is 25.0 Å². The van der Waals surface area contributed by atoms with Gasteiger partial charge in [0.05, 0.1) is 0 Å². The zero-order valence-electron chi connectivity index (χ0n) is 10.1. The average molecular weight is 241 g/mol. The van der Waals surface area contributed by atoms with Gasteiger partial charge in [-0.05, 0) is 18.1 Å². The van der Waals surface area contributed by atoms with Crippen LogP contribution in [0.2, 0.25) is 0 Å². The molecule has 0 unspecified atom stereocenters. The van der Waals surface area contributed by atoms with Gasteiger partial charge < -0.3 is 5.32 Å². The predicted molar refractivity (Wildman–Crippen MR) is 62.8 cm³/mol. The maximum Gasteiger partial charge on any atom is 0.257 e. The van der Waals surface area contributed by atoms with Crippen molar-refractivity contribution in [2.24, 2.45) is 5.92 Å². The summed E-state index contributed by atoms with van der Waals surface area (Å²) in [5.41, 5.74) is -0.501. The first-order valence-electron chi connectivity index (χ1n) is 5.82. The van der Waals surface area contributed by atoms with Crippen LogP contribution >= 0.6 is 0 Å². The van der Waals surface area contributed by atoms with E-state index in [1.807, 2.05) is 13.8 Å². The molecule has 1 rings (SSSR count). The summed E-state index contributed by atoms with van der Waals surface area (Å²) in [5, 5.41) is 2.56. The van der Waals surface area contributed by atoms with E-state index in [-0.39, 0.29) is 0 Å². The number of amides is 1. The van der Waals surface area contributed by atoms with Crippen molar-refractivity contribution in [1.82, 2.24) is 5.32 Å². The molecule has 1 amide bonds. The van der Waals surface area contributed by atoms with Gasteiger partial charge in [0.1, 0.15) is 17.2 Å². The van der Waals surface area contributed by atoms with Gasteiger partial charge in [0.15, 0.2) is 0 Å². The smallest absolute Gasteiger partial charge is 0.257 e. The highest BCUT2D eigenvalue weighted by Gasteiger charge is 2.17. The number of hydrogen-bond donors (Lipinski definition) is 1. The van der Waals surface area contributed by atoms with Gasteiger partial charge in [-0.25, -0.2) is 8.78 Å². The third-order valence-electron chi connectivity index (χ3n) is 2.90. The minimum atomic E-state index is -0.827. The van der Waals surface area contributed by atoms with Crippen molar-refractivity contribution in [3.63, 3.8) is 0 Å². The number of benzene rings is 1. The molecule has 0 bridgehead atoms. The maximum atomic E-state index is 13.3. The van der Waals surface area contributed by atoms with E-state index in [1.165, 1.54) is 6.07 Å². The summed E-state index contributed by atoms with van der Waals surface area (Å²) >= 11 is 0. The lowest BCUT2D eigenvalue weighted by Gasteiger charge is -2.13. The molecule has 0 saturated carbocycles. The Hall–Kier alpha value is -1.45. The first-order chi connectivity index (χ1) is 8.10. The van der Waals surface area contributed by atoms with Crippen molar-refractivity contribution in [2.45, 2.75) is 26.7 Å². The second-order valence-corrected chi connectivity index (χ2v) is 3.99. The third-order valence-corrected chi connectivity index (χ3v) is 2.90.